The highest BCUT2D eigenvalue weighted by Gasteiger charge is 2.37. The summed E-state index contributed by atoms with van der Waals surface area (Å²) in [6.45, 7) is 7.20. The topological polar surface area (TPSA) is 174 Å². The van der Waals surface area contributed by atoms with Gasteiger partial charge in [0, 0.05) is 48.9 Å². The molecule has 17 nitrogen and oxygen atoms in total. The number of nitrogens with zero attached hydrogens (tertiary/aromatic N) is 7. The van der Waals surface area contributed by atoms with Crippen LogP contribution in [0.3, 0.4) is 0 Å². The molecule has 0 bridgehead atoms. The van der Waals surface area contributed by atoms with Gasteiger partial charge in [-0.3, -0.25) is 9.59 Å². The van der Waals surface area contributed by atoms with Gasteiger partial charge in [-0.05, 0) is 107 Å². The molecule has 68 heavy (non-hydrogen) atoms. The predicted molar refractivity (Wildman–Crippen MR) is 261 cm³/mol. The molecular formula is C49H52Br2N8O9. The largest absolute Gasteiger partial charge is 0.497 e. The van der Waals surface area contributed by atoms with Crippen molar-refractivity contribution >= 4 is 54.7 Å². The lowest BCUT2D eigenvalue weighted by Crippen LogP contribution is -2.31. The molecule has 19 heteroatoms. The van der Waals surface area contributed by atoms with Crippen molar-refractivity contribution in [2.45, 2.75) is 51.9 Å². The van der Waals surface area contributed by atoms with Crippen LogP contribution in [-0.2, 0) is 9.59 Å². The van der Waals surface area contributed by atoms with Crippen molar-refractivity contribution in [1.82, 2.24) is 39.4 Å². The monoisotopic (exact) mass is 1050 g/mol. The van der Waals surface area contributed by atoms with E-state index in [-0.39, 0.29) is 41.9 Å². The Labute approximate surface area is 410 Å². The second-order valence-electron chi connectivity index (χ2n) is 16.4. The van der Waals surface area contributed by atoms with Crippen LogP contribution in [0.4, 0.5) is 0 Å². The highest BCUT2D eigenvalue weighted by molar-refractivity contribution is 9.11. The Morgan fingerprint density at radius 3 is 1.59 bits per heavy atom. The second-order valence-corrected chi connectivity index (χ2v) is 18.2. The summed E-state index contributed by atoms with van der Waals surface area (Å²) in [7, 11) is 8.03. The minimum absolute atomic E-state index is 0.00600. The van der Waals surface area contributed by atoms with Gasteiger partial charge in [-0.2, -0.15) is 10.2 Å². The van der Waals surface area contributed by atoms with Gasteiger partial charge in [0.1, 0.15) is 29.0 Å². The lowest BCUT2D eigenvalue weighted by atomic mass is 10.0. The van der Waals surface area contributed by atoms with Crippen molar-refractivity contribution in [2.75, 3.05) is 48.6 Å². The zero-order valence-corrected chi connectivity index (χ0v) is 42.0. The number of rotatable bonds is 15. The molecular weight excluding hydrogens is 1000 g/mol. The van der Waals surface area contributed by atoms with Gasteiger partial charge in [-0.1, -0.05) is 12.1 Å². The Hall–Kier alpha value is -6.60. The van der Waals surface area contributed by atoms with Crippen molar-refractivity contribution in [3.63, 3.8) is 0 Å². The molecule has 0 unspecified atom stereocenters. The second kappa shape index (κ2) is 20.7. The van der Waals surface area contributed by atoms with Crippen LogP contribution in [0.5, 0.6) is 40.5 Å². The number of nitrogens with one attached hydrogen (secondary N) is 1. The normalized spacial score (nSPS) is 17.0. The van der Waals surface area contributed by atoms with Gasteiger partial charge in [0.2, 0.25) is 23.6 Å². The number of halogens is 2. The van der Waals surface area contributed by atoms with Crippen molar-refractivity contribution in [2.24, 2.45) is 11.8 Å². The standard InChI is InChI=1S/C29H31BrN4O5.C20H21BrN4O4/c1-17(19-6-9-22(36-3)10-7-19)33-15-21(13-27(33)35)18(2)39-29-28-23(30)14-31-34(28)16-24(32-29)20-8-11-25(37-4)26(12-20)38-5;1-11(13-7-18(26)22-8-13)29-20-19-14(21)9-23-25(19)10-15(24-20)12-4-5-16(27-2)17(6-12)28-3/h6-12,14,16-18,21H,13,15H2,1-5H3;4-6,9-11,13H,7-8H2,1-3H3,(H,22,26)/t17-,18-,21-;11-,13-/m11/s1. The molecule has 1 N–H and O–H groups in total. The van der Waals surface area contributed by atoms with E-state index >= 15 is 0 Å². The van der Waals surface area contributed by atoms with E-state index in [9.17, 15) is 9.59 Å². The zero-order valence-electron chi connectivity index (χ0n) is 38.9. The molecule has 9 rings (SSSR count). The molecule has 7 aromatic rings. The third-order valence-corrected chi connectivity index (χ3v) is 13.5. The van der Waals surface area contributed by atoms with Gasteiger partial charge < -0.3 is 43.4 Å². The molecule has 3 aromatic carbocycles. The highest BCUT2D eigenvalue weighted by Crippen LogP contribution is 2.38. The number of hydrogen-bond acceptors (Lipinski definition) is 13. The lowest BCUT2D eigenvalue weighted by Gasteiger charge is -2.26. The van der Waals surface area contributed by atoms with E-state index in [1.54, 1.807) is 57.0 Å². The molecule has 356 valence electrons. The van der Waals surface area contributed by atoms with E-state index in [2.05, 4.69) is 54.3 Å². The Bertz CT molecular complexity index is 2950. The average Bonchev–Trinajstić information content (AvgIpc) is 4.17. The van der Waals surface area contributed by atoms with E-state index in [4.69, 9.17) is 43.1 Å². The van der Waals surface area contributed by atoms with Gasteiger partial charge in [0.15, 0.2) is 23.0 Å². The van der Waals surface area contributed by atoms with Gasteiger partial charge in [0.05, 0.1) is 86.7 Å². The van der Waals surface area contributed by atoms with E-state index in [1.165, 1.54) is 0 Å². The van der Waals surface area contributed by atoms with Crippen molar-refractivity contribution in [3.05, 3.63) is 100.0 Å². The SMILES string of the molecule is COc1ccc(-c2cn3ncc(Br)c3c(O[C@H](C)[C@H]3CNC(=O)C3)n2)cc1OC.COc1ccc([C@@H](C)N2C[C@H]([C@@H](C)Oc3nc(-c4ccc(OC)c(OC)c4)cn4ncc(Br)c34)CC2=O)cc1. The molecule has 2 saturated heterocycles. The Balaban J connectivity index is 0.000000192. The molecule has 2 aliphatic heterocycles. The maximum Gasteiger partial charge on any atom is 0.242 e. The summed E-state index contributed by atoms with van der Waals surface area (Å²) in [4.78, 5) is 36.1. The van der Waals surface area contributed by atoms with Crippen molar-refractivity contribution in [3.8, 4) is 63.0 Å². The molecule has 5 atom stereocenters. The van der Waals surface area contributed by atoms with Crippen LogP contribution in [-0.4, -0.2) is 107 Å². The first kappa shape index (κ1) is 47.9. The maximum absolute atomic E-state index is 13.0. The number of carbonyl (C=O) groups is 2. The number of ether oxygens (including phenoxy) is 7. The first-order valence-corrected chi connectivity index (χ1v) is 23.5. The van der Waals surface area contributed by atoms with Gasteiger partial charge >= 0.3 is 0 Å². The number of likely N-dealkylation sites (tertiary alicyclic amines) is 1. The molecule has 6 heterocycles. The minimum Gasteiger partial charge on any atom is -0.497 e. The van der Waals surface area contributed by atoms with Crippen LogP contribution >= 0.6 is 31.9 Å². The van der Waals surface area contributed by atoms with Gasteiger partial charge in [-0.25, -0.2) is 19.0 Å². The third kappa shape index (κ3) is 9.99. The first-order valence-electron chi connectivity index (χ1n) is 21.9. The summed E-state index contributed by atoms with van der Waals surface area (Å²) in [5.41, 5.74) is 5.53. The average molecular weight is 1060 g/mol. The number of aromatic nitrogens is 6. The molecule has 2 fully saturated rings. The number of hydrogen-bond donors (Lipinski definition) is 1. The van der Waals surface area contributed by atoms with Crippen LogP contribution in [0.2, 0.25) is 0 Å². The number of methoxy groups -OCH3 is 5. The molecule has 2 aliphatic rings. The smallest absolute Gasteiger partial charge is 0.242 e. The van der Waals surface area contributed by atoms with Crippen LogP contribution in [0.25, 0.3) is 33.5 Å². The lowest BCUT2D eigenvalue weighted by molar-refractivity contribution is -0.129. The van der Waals surface area contributed by atoms with E-state index in [0.29, 0.717) is 72.1 Å². The molecule has 2 amide bonds. The Kier molecular flexibility index (Phi) is 14.6. The maximum atomic E-state index is 13.0. The summed E-state index contributed by atoms with van der Waals surface area (Å²) < 4.78 is 44.6. The fourth-order valence-corrected chi connectivity index (χ4v) is 9.23. The number of amides is 2. The van der Waals surface area contributed by atoms with Crippen LogP contribution in [0.1, 0.15) is 45.2 Å². The van der Waals surface area contributed by atoms with E-state index < -0.39 is 0 Å². The third-order valence-electron chi connectivity index (χ3n) is 12.4. The quantitative estimate of drug-likeness (QED) is 0.103. The fraction of sp³-hybridized carbons (Fsp3) is 0.347. The van der Waals surface area contributed by atoms with Crippen molar-refractivity contribution in [1.29, 1.82) is 0 Å². The Morgan fingerprint density at radius 2 is 1.13 bits per heavy atom. The van der Waals surface area contributed by atoms with Crippen LogP contribution in [0, 0.1) is 11.8 Å². The molecule has 0 radical (unpaired) electrons. The number of carbonyl (C=O) groups excluding carboxylic acids is 2. The Morgan fingerprint density at radius 1 is 0.632 bits per heavy atom. The van der Waals surface area contributed by atoms with E-state index in [0.717, 1.165) is 42.4 Å². The van der Waals surface area contributed by atoms with Crippen LogP contribution in [0.15, 0.2) is 94.4 Å². The van der Waals surface area contributed by atoms with Gasteiger partial charge in [-0.15, -0.1) is 0 Å². The molecule has 0 spiro atoms. The van der Waals surface area contributed by atoms with E-state index in [1.807, 2.05) is 91.8 Å². The zero-order chi connectivity index (χ0) is 48.2. The highest BCUT2D eigenvalue weighted by atomic mass is 79.9. The summed E-state index contributed by atoms with van der Waals surface area (Å²) in [6.07, 6.45) is 7.50. The van der Waals surface area contributed by atoms with Gasteiger partial charge in [0.25, 0.3) is 0 Å². The number of fused-ring (bicyclic) bond motifs is 2. The summed E-state index contributed by atoms with van der Waals surface area (Å²) in [6, 6.07) is 19.0. The fourth-order valence-electron chi connectivity index (χ4n) is 8.34. The first-order chi connectivity index (χ1) is 32.8. The molecule has 0 aliphatic carbocycles. The molecule has 4 aromatic heterocycles. The summed E-state index contributed by atoms with van der Waals surface area (Å²) in [5, 5.41) is 11.7. The molecule has 0 saturated carbocycles. The summed E-state index contributed by atoms with van der Waals surface area (Å²) >= 11 is 7.09. The predicted octanol–water partition coefficient (Wildman–Crippen LogP) is 8.64. The van der Waals surface area contributed by atoms with Crippen molar-refractivity contribution < 1.29 is 42.7 Å². The minimum atomic E-state index is -0.263. The van der Waals surface area contributed by atoms with Crippen LogP contribution < -0.4 is 38.5 Å². The summed E-state index contributed by atoms with van der Waals surface area (Å²) in [5.74, 6) is 4.43. The number of benzene rings is 3.